The molecule has 0 N–H and O–H groups in total. The van der Waals surface area contributed by atoms with Crippen LogP contribution in [0.4, 0.5) is 0 Å². The predicted molar refractivity (Wildman–Crippen MR) is 77.4 cm³/mol. The highest BCUT2D eigenvalue weighted by Gasteiger charge is 2.17. The minimum absolute atomic E-state index is 1.19. The van der Waals surface area contributed by atoms with Crippen molar-refractivity contribution in [2.75, 3.05) is 14.2 Å². The van der Waals surface area contributed by atoms with Crippen molar-refractivity contribution in [3.05, 3.63) is 54.1 Å². The van der Waals surface area contributed by atoms with Crippen LogP contribution in [0.2, 0.25) is 0 Å². The first kappa shape index (κ1) is 13.0. The van der Waals surface area contributed by atoms with E-state index in [0.29, 0.717) is 0 Å². The molecule has 0 aromatic heterocycles. The molecule has 0 aliphatic carbocycles. The Hall–Kier alpha value is -1.42. The fourth-order valence-corrected chi connectivity index (χ4v) is 3.53. The predicted octanol–water partition coefficient (Wildman–Crippen LogP) is 2.38. The lowest BCUT2D eigenvalue weighted by atomic mass is 10.0. The van der Waals surface area contributed by atoms with Gasteiger partial charge in [0, 0.05) is 14.2 Å². The molecule has 0 unspecified atom stereocenters. The third-order valence-electron chi connectivity index (χ3n) is 3.01. The van der Waals surface area contributed by atoms with Crippen LogP contribution >= 0.6 is 0 Å². The molecule has 0 aliphatic heterocycles. The van der Waals surface area contributed by atoms with E-state index in [-0.39, 0.29) is 0 Å². The highest BCUT2D eigenvalue weighted by molar-refractivity contribution is 6.63. The summed E-state index contributed by atoms with van der Waals surface area (Å²) >= 11 is 0. The van der Waals surface area contributed by atoms with Crippen LogP contribution in [0.3, 0.4) is 0 Å². The van der Waals surface area contributed by atoms with Crippen molar-refractivity contribution in [3.63, 3.8) is 0 Å². The molecule has 0 saturated carbocycles. The van der Waals surface area contributed by atoms with Gasteiger partial charge in [0.1, 0.15) is 0 Å². The second-order valence-electron chi connectivity index (χ2n) is 4.26. The molecule has 0 radical (unpaired) electrons. The molecule has 0 amide bonds. The van der Waals surface area contributed by atoms with E-state index in [0.717, 1.165) is 0 Å². The minimum Gasteiger partial charge on any atom is -0.397 e. The Labute approximate surface area is 110 Å². The van der Waals surface area contributed by atoms with Crippen molar-refractivity contribution in [2.24, 2.45) is 0 Å². The molecular weight excluding hydrogens is 240 g/mol. The van der Waals surface area contributed by atoms with E-state index >= 15 is 0 Å². The van der Waals surface area contributed by atoms with Gasteiger partial charge < -0.3 is 8.85 Å². The minimum atomic E-state index is -1.77. The van der Waals surface area contributed by atoms with Gasteiger partial charge in [-0.05, 0) is 23.2 Å². The number of rotatable bonds is 4. The van der Waals surface area contributed by atoms with Crippen molar-refractivity contribution < 1.29 is 8.85 Å². The van der Waals surface area contributed by atoms with E-state index in [2.05, 4.69) is 49.4 Å². The van der Waals surface area contributed by atoms with E-state index in [1.165, 1.54) is 21.9 Å². The van der Waals surface area contributed by atoms with Crippen LogP contribution in [0.15, 0.2) is 48.5 Å². The van der Waals surface area contributed by atoms with Crippen LogP contribution in [0, 0.1) is 6.92 Å². The summed E-state index contributed by atoms with van der Waals surface area (Å²) in [7, 11) is 1.66. The van der Waals surface area contributed by atoms with E-state index in [4.69, 9.17) is 8.85 Å². The van der Waals surface area contributed by atoms with E-state index < -0.39 is 9.28 Å². The van der Waals surface area contributed by atoms with Gasteiger partial charge in [0.05, 0.1) is 0 Å². The highest BCUT2D eigenvalue weighted by Crippen LogP contribution is 2.18. The lowest BCUT2D eigenvalue weighted by Gasteiger charge is -2.15. The smallest absolute Gasteiger partial charge is 0.355 e. The SMILES string of the molecule is CO[SiH](OC)c1ccccc1-c1ccc(C)cc1. The summed E-state index contributed by atoms with van der Waals surface area (Å²) in [4.78, 5) is 0. The van der Waals surface area contributed by atoms with Crippen molar-refractivity contribution in [2.45, 2.75) is 6.92 Å². The maximum Gasteiger partial charge on any atom is 0.355 e. The van der Waals surface area contributed by atoms with Crippen LogP contribution in [-0.2, 0) is 8.85 Å². The van der Waals surface area contributed by atoms with Gasteiger partial charge in [-0.3, -0.25) is 0 Å². The van der Waals surface area contributed by atoms with Crippen LogP contribution in [0.5, 0.6) is 0 Å². The quantitative estimate of drug-likeness (QED) is 0.784. The second kappa shape index (κ2) is 5.95. The van der Waals surface area contributed by atoms with E-state index in [9.17, 15) is 0 Å². The van der Waals surface area contributed by atoms with Gasteiger partial charge in [0.15, 0.2) is 0 Å². The van der Waals surface area contributed by atoms with Gasteiger partial charge >= 0.3 is 9.28 Å². The Bertz CT molecular complexity index is 504. The van der Waals surface area contributed by atoms with Gasteiger partial charge in [-0.2, -0.15) is 0 Å². The Morgan fingerprint density at radius 3 is 2.06 bits per heavy atom. The maximum absolute atomic E-state index is 5.49. The monoisotopic (exact) mass is 258 g/mol. The van der Waals surface area contributed by atoms with Crippen LogP contribution in [0.25, 0.3) is 11.1 Å². The topological polar surface area (TPSA) is 18.5 Å². The zero-order chi connectivity index (χ0) is 13.0. The lowest BCUT2D eigenvalue weighted by molar-refractivity contribution is 0.292. The van der Waals surface area contributed by atoms with E-state index in [1.54, 1.807) is 14.2 Å². The summed E-state index contributed by atoms with van der Waals surface area (Å²) < 4.78 is 11.0. The summed E-state index contributed by atoms with van der Waals surface area (Å²) in [6.45, 7) is 2.09. The summed E-state index contributed by atoms with van der Waals surface area (Å²) in [5.41, 5.74) is 3.68. The molecule has 0 spiro atoms. The number of benzene rings is 2. The Morgan fingerprint density at radius 2 is 1.44 bits per heavy atom. The van der Waals surface area contributed by atoms with Crippen LogP contribution in [0.1, 0.15) is 5.56 Å². The molecule has 2 aromatic rings. The third-order valence-corrected chi connectivity index (χ3v) is 4.87. The molecule has 0 atom stereocenters. The molecule has 3 heteroatoms. The molecule has 2 rings (SSSR count). The first-order valence-electron chi connectivity index (χ1n) is 5.98. The van der Waals surface area contributed by atoms with Crippen molar-refractivity contribution >= 4 is 14.5 Å². The fraction of sp³-hybridized carbons (Fsp3) is 0.200. The molecule has 0 fully saturated rings. The maximum atomic E-state index is 5.49. The average Bonchev–Trinajstić information content (AvgIpc) is 2.42. The normalized spacial score (nSPS) is 10.9. The average molecular weight is 258 g/mol. The Morgan fingerprint density at radius 1 is 0.833 bits per heavy atom. The zero-order valence-corrected chi connectivity index (χ0v) is 12.2. The number of hydrogen-bond acceptors (Lipinski definition) is 2. The van der Waals surface area contributed by atoms with Gasteiger partial charge in [0.2, 0.25) is 0 Å². The Kier molecular flexibility index (Phi) is 4.31. The Balaban J connectivity index is 2.47. The van der Waals surface area contributed by atoms with Crippen molar-refractivity contribution in [3.8, 4) is 11.1 Å². The molecule has 0 saturated heterocycles. The largest absolute Gasteiger partial charge is 0.397 e. The van der Waals surface area contributed by atoms with Crippen molar-refractivity contribution in [1.82, 2.24) is 0 Å². The van der Waals surface area contributed by atoms with Gasteiger partial charge in [-0.1, -0.05) is 54.1 Å². The lowest BCUT2D eigenvalue weighted by Crippen LogP contribution is -2.36. The zero-order valence-electron chi connectivity index (χ0n) is 11.0. The second-order valence-corrected chi connectivity index (χ2v) is 6.49. The van der Waals surface area contributed by atoms with Crippen LogP contribution in [-0.4, -0.2) is 23.5 Å². The standard InChI is InChI=1S/C15H18O2Si/c1-12-8-10-13(11-9-12)14-6-4-5-7-15(14)18(16-2)17-3/h4-11,18H,1-3H3. The number of aryl methyl sites for hydroxylation is 1. The molecule has 0 bridgehead atoms. The van der Waals surface area contributed by atoms with Crippen LogP contribution < -0.4 is 5.19 Å². The summed E-state index contributed by atoms with van der Waals surface area (Å²) in [5, 5.41) is 1.19. The molecule has 0 heterocycles. The van der Waals surface area contributed by atoms with Gasteiger partial charge in [0.25, 0.3) is 0 Å². The van der Waals surface area contributed by atoms with Crippen molar-refractivity contribution in [1.29, 1.82) is 0 Å². The third kappa shape index (κ3) is 2.69. The first-order chi connectivity index (χ1) is 8.76. The fourth-order valence-electron chi connectivity index (χ4n) is 2.05. The van der Waals surface area contributed by atoms with Gasteiger partial charge in [-0.25, -0.2) is 0 Å². The molecule has 2 nitrogen and oxygen atoms in total. The van der Waals surface area contributed by atoms with E-state index in [1.807, 2.05) is 6.07 Å². The molecular formula is C15H18O2Si. The first-order valence-corrected chi connectivity index (χ1v) is 7.50. The van der Waals surface area contributed by atoms with Gasteiger partial charge in [-0.15, -0.1) is 0 Å². The molecule has 2 aromatic carbocycles. The molecule has 0 aliphatic rings. The molecule has 18 heavy (non-hydrogen) atoms. The molecule has 94 valence electrons. The number of hydrogen-bond donors (Lipinski definition) is 0. The summed E-state index contributed by atoms with van der Waals surface area (Å²) in [6.07, 6.45) is 0. The summed E-state index contributed by atoms with van der Waals surface area (Å²) in [5.74, 6) is 0. The highest BCUT2D eigenvalue weighted by atomic mass is 28.3. The summed E-state index contributed by atoms with van der Waals surface area (Å²) in [6, 6.07) is 16.8.